The average molecular weight is 482 g/mol. The Morgan fingerprint density at radius 2 is 2.10 bits per heavy atom. The molecular formula is C20H25BrFN5O3. The molecule has 0 bridgehead atoms. The summed E-state index contributed by atoms with van der Waals surface area (Å²) in [5.41, 5.74) is 3.54. The zero-order valence-electron chi connectivity index (χ0n) is 17.0. The summed E-state index contributed by atoms with van der Waals surface area (Å²) < 4.78 is 31.7. The first kappa shape index (κ1) is 22.2. The van der Waals surface area contributed by atoms with Crippen molar-refractivity contribution in [1.82, 2.24) is 9.97 Å². The van der Waals surface area contributed by atoms with Gasteiger partial charge in [0.25, 0.3) is 0 Å². The van der Waals surface area contributed by atoms with Gasteiger partial charge in [0, 0.05) is 13.1 Å². The predicted octanol–water partition coefficient (Wildman–Crippen LogP) is 3.85. The minimum Gasteiger partial charge on any atom is -0.490 e. The van der Waals surface area contributed by atoms with Crippen LogP contribution in [0.15, 0.2) is 27.9 Å². The van der Waals surface area contributed by atoms with E-state index in [1.807, 2.05) is 30.9 Å². The lowest BCUT2D eigenvalue weighted by molar-refractivity contribution is 0.122. The lowest BCUT2D eigenvalue weighted by Crippen LogP contribution is -2.37. The average Bonchev–Trinajstić information content (AvgIpc) is 2.75. The maximum absolute atomic E-state index is 14.1. The lowest BCUT2D eigenvalue weighted by atomic mass is 10.2. The molecule has 2 heterocycles. The predicted molar refractivity (Wildman–Crippen MR) is 117 cm³/mol. The number of morpholine rings is 1. The van der Waals surface area contributed by atoms with E-state index < -0.39 is 5.82 Å². The number of anilines is 2. The maximum atomic E-state index is 14.1. The van der Waals surface area contributed by atoms with Crippen molar-refractivity contribution in [2.45, 2.75) is 20.3 Å². The maximum Gasteiger partial charge on any atom is 0.245 e. The number of nitrogens with zero attached hydrogens (tertiary/aromatic N) is 4. The fourth-order valence-electron chi connectivity index (χ4n) is 2.84. The van der Waals surface area contributed by atoms with Crippen LogP contribution in [-0.4, -0.2) is 55.7 Å². The number of rotatable bonds is 9. The molecule has 8 nitrogen and oxygen atoms in total. The third kappa shape index (κ3) is 5.79. The van der Waals surface area contributed by atoms with Crippen molar-refractivity contribution >= 4 is 33.9 Å². The first-order valence-electron chi connectivity index (χ1n) is 9.85. The molecule has 2 aromatic rings. The van der Waals surface area contributed by atoms with Gasteiger partial charge >= 0.3 is 0 Å². The Labute approximate surface area is 183 Å². The molecule has 1 saturated heterocycles. The molecular weight excluding hydrogens is 457 g/mol. The minimum absolute atomic E-state index is 0.209. The van der Waals surface area contributed by atoms with Crippen molar-refractivity contribution < 1.29 is 18.6 Å². The molecule has 1 aromatic carbocycles. The summed E-state index contributed by atoms with van der Waals surface area (Å²) in [6.45, 7) is 7.32. The second-order valence-corrected chi connectivity index (χ2v) is 7.30. The monoisotopic (exact) mass is 481 g/mol. The Hall–Kier alpha value is -2.46. The van der Waals surface area contributed by atoms with Crippen LogP contribution in [0.2, 0.25) is 0 Å². The molecule has 1 N–H and O–H groups in total. The van der Waals surface area contributed by atoms with Crippen LogP contribution in [-0.2, 0) is 4.74 Å². The number of hydrogen-bond donors (Lipinski definition) is 1. The Morgan fingerprint density at radius 3 is 2.83 bits per heavy atom. The molecule has 0 saturated carbocycles. The Bertz CT molecular complexity index is 878. The summed E-state index contributed by atoms with van der Waals surface area (Å²) in [6.07, 6.45) is 3.65. The van der Waals surface area contributed by atoms with E-state index in [0.717, 1.165) is 22.7 Å². The van der Waals surface area contributed by atoms with E-state index in [4.69, 9.17) is 14.2 Å². The van der Waals surface area contributed by atoms with Gasteiger partial charge in [0.1, 0.15) is 0 Å². The molecule has 1 aliphatic heterocycles. The third-order valence-electron chi connectivity index (χ3n) is 4.20. The fraction of sp³-hybridized carbons (Fsp3) is 0.450. The Balaban J connectivity index is 1.73. The molecule has 0 atom stereocenters. The first-order chi connectivity index (χ1) is 14.6. The fourth-order valence-corrected chi connectivity index (χ4v) is 3.42. The summed E-state index contributed by atoms with van der Waals surface area (Å²) in [6, 6.07) is 3.72. The van der Waals surface area contributed by atoms with Gasteiger partial charge < -0.3 is 19.1 Å². The zero-order chi connectivity index (χ0) is 21.3. The van der Waals surface area contributed by atoms with Gasteiger partial charge in [-0.25, -0.2) is 14.8 Å². The Morgan fingerprint density at radius 1 is 1.30 bits per heavy atom. The quantitative estimate of drug-likeness (QED) is 0.430. The van der Waals surface area contributed by atoms with E-state index in [0.29, 0.717) is 51.0 Å². The molecule has 162 valence electrons. The van der Waals surface area contributed by atoms with Crippen molar-refractivity contribution in [2.75, 3.05) is 49.8 Å². The van der Waals surface area contributed by atoms with Crippen molar-refractivity contribution in [2.24, 2.45) is 5.10 Å². The number of hydrogen-bond acceptors (Lipinski definition) is 8. The highest BCUT2D eigenvalue weighted by Gasteiger charge is 2.17. The summed E-state index contributed by atoms with van der Waals surface area (Å²) in [4.78, 5) is 10.0. The van der Waals surface area contributed by atoms with Crippen LogP contribution in [0.3, 0.4) is 0 Å². The summed E-state index contributed by atoms with van der Waals surface area (Å²) in [5, 5.41) is 4.18. The molecule has 10 heteroatoms. The molecule has 0 amide bonds. The normalized spacial score (nSPS) is 14.2. The topological polar surface area (TPSA) is 81.1 Å². The van der Waals surface area contributed by atoms with Gasteiger partial charge in [-0.05, 0) is 47.0 Å². The molecule has 3 rings (SSSR count). The van der Waals surface area contributed by atoms with Crippen LogP contribution in [0.4, 0.5) is 16.2 Å². The third-order valence-corrected chi connectivity index (χ3v) is 4.79. The molecule has 0 spiro atoms. The van der Waals surface area contributed by atoms with E-state index in [-0.39, 0.29) is 11.8 Å². The van der Waals surface area contributed by atoms with Crippen LogP contribution in [0, 0.1) is 5.82 Å². The van der Waals surface area contributed by atoms with Crippen molar-refractivity contribution in [3.8, 4) is 11.5 Å². The number of aromatic nitrogens is 2. The lowest BCUT2D eigenvalue weighted by Gasteiger charge is -2.27. The molecule has 1 aliphatic rings. The SMILES string of the molecule is CCCOc1c(Br)cc(/C=N/Nc2ncc(F)c(N3CCOCC3)n2)cc1OCC. The van der Waals surface area contributed by atoms with E-state index in [9.17, 15) is 4.39 Å². The first-order valence-corrected chi connectivity index (χ1v) is 10.6. The van der Waals surface area contributed by atoms with Crippen LogP contribution < -0.4 is 19.8 Å². The van der Waals surface area contributed by atoms with E-state index in [1.165, 1.54) is 0 Å². The van der Waals surface area contributed by atoms with E-state index >= 15 is 0 Å². The molecule has 0 aliphatic carbocycles. The number of hydrazone groups is 1. The number of ether oxygens (including phenoxy) is 3. The highest BCUT2D eigenvalue weighted by Crippen LogP contribution is 2.36. The Kier molecular flexibility index (Phi) is 8.21. The van der Waals surface area contributed by atoms with Gasteiger partial charge in [0.05, 0.1) is 43.3 Å². The molecule has 1 aromatic heterocycles. The summed E-state index contributed by atoms with van der Waals surface area (Å²) in [5.74, 6) is 1.28. The highest BCUT2D eigenvalue weighted by atomic mass is 79.9. The van der Waals surface area contributed by atoms with Crippen LogP contribution >= 0.6 is 15.9 Å². The van der Waals surface area contributed by atoms with Gasteiger partial charge in [-0.1, -0.05) is 6.92 Å². The molecule has 0 unspecified atom stereocenters. The number of halogens is 2. The zero-order valence-corrected chi connectivity index (χ0v) is 18.6. The largest absolute Gasteiger partial charge is 0.490 e. The van der Waals surface area contributed by atoms with Gasteiger partial charge in [0.15, 0.2) is 23.1 Å². The minimum atomic E-state index is -0.473. The molecule has 0 radical (unpaired) electrons. The second-order valence-electron chi connectivity index (χ2n) is 6.45. The second kappa shape index (κ2) is 11.1. The van der Waals surface area contributed by atoms with Crippen molar-refractivity contribution in [3.63, 3.8) is 0 Å². The van der Waals surface area contributed by atoms with Crippen molar-refractivity contribution in [3.05, 3.63) is 34.2 Å². The van der Waals surface area contributed by atoms with E-state index in [2.05, 4.69) is 36.4 Å². The van der Waals surface area contributed by atoms with Crippen LogP contribution in [0.25, 0.3) is 0 Å². The number of nitrogens with one attached hydrogen (secondary N) is 1. The van der Waals surface area contributed by atoms with Gasteiger partial charge in [-0.2, -0.15) is 10.1 Å². The standard InChI is InChI=1S/C20H25BrFN5O3/c1-3-7-30-18-15(21)10-14(11-17(18)29-4-2)12-24-26-20-23-13-16(22)19(25-20)27-5-8-28-9-6-27/h10-13H,3-9H2,1-2H3,(H,23,25,26)/b24-12+. The molecule has 1 fully saturated rings. The molecule has 30 heavy (non-hydrogen) atoms. The summed E-state index contributed by atoms with van der Waals surface area (Å²) in [7, 11) is 0. The van der Waals surface area contributed by atoms with E-state index in [1.54, 1.807) is 6.21 Å². The van der Waals surface area contributed by atoms with Crippen molar-refractivity contribution in [1.29, 1.82) is 0 Å². The van der Waals surface area contributed by atoms with Crippen LogP contribution in [0.5, 0.6) is 11.5 Å². The smallest absolute Gasteiger partial charge is 0.245 e. The number of benzene rings is 1. The van der Waals surface area contributed by atoms with Crippen LogP contribution in [0.1, 0.15) is 25.8 Å². The van der Waals surface area contributed by atoms with Gasteiger partial charge in [-0.15, -0.1) is 0 Å². The summed E-state index contributed by atoms with van der Waals surface area (Å²) >= 11 is 3.53. The van der Waals surface area contributed by atoms with Gasteiger partial charge in [-0.3, -0.25) is 0 Å². The van der Waals surface area contributed by atoms with Gasteiger partial charge in [0.2, 0.25) is 5.95 Å². The highest BCUT2D eigenvalue weighted by molar-refractivity contribution is 9.10.